The van der Waals surface area contributed by atoms with Gasteiger partial charge in [0, 0.05) is 10.8 Å². The summed E-state index contributed by atoms with van der Waals surface area (Å²) in [6.45, 7) is 6.66. The zero-order chi connectivity index (χ0) is 10.9. The van der Waals surface area contributed by atoms with Crippen molar-refractivity contribution in [2.24, 2.45) is 5.41 Å². The van der Waals surface area contributed by atoms with Crippen molar-refractivity contribution in [1.82, 2.24) is 10.2 Å². The van der Waals surface area contributed by atoms with Crippen molar-refractivity contribution in [2.75, 3.05) is 0 Å². The molecule has 2 rings (SSSR count). The number of benzene rings is 1. The SMILES string of the molecule is CC(C)(C)Cc1nncc2ccccc12. The molecule has 0 amide bonds. The largest absolute Gasteiger partial charge is 0.158 e. The van der Waals surface area contributed by atoms with Crippen LogP contribution in [0.2, 0.25) is 0 Å². The van der Waals surface area contributed by atoms with Crippen molar-refractivity contribution >= 4 is 10.8 Å². The fraction of sp³-hybridized carbons (Fsp3) is 0.385. The van der Waals surface area contributed by atoms with Crippen molar-refractivity contribution in [3.8, 4) is 0 Å². The van der Waals surface area contributed by atoms with Gasteiger partial charge in [-0.1, -0.05) is 45.0 Å². The van der Waals surface area contributed by atoms with E-state index in [1.807, 2.05) is 12.3 Å². The van der Waals surface area contributed by atoms with E-state index in [1.165, 1.54) is 10.8 Å². The molecule has 78 valence electrons. The van der Waals surface area contributed by atoms with Gasteiger partial charge in [0.05, 0.1) is 11.9 Å². The van der Waals surface area contributed by atoms with E-state index in [-0.39, 0.29) is 5.41 Å². The number of rotatable bonds is 1. The summed E-state index contributed by atoms with van der Waals surface area (Å²) < 4.78 is 0. The summed E-state index contributed by atoms with van der Waals surface area (Å²) in [6.07, 6.45) is 2.78. The fourth-order valence-corrected chi connectivity index (χ4v) is 1.72. The van der Waals surface area contributed by atoms with Gasteiger partial charge in [-0.3, -0.25) is 0 Å². The third-order valence-electron chi connectivity index (χ3n) is 2.34. The van der Waals surface area contributed by atoms with Crippen molar-refractivity contribution in [1.29, 1.82) is 0 Å². The first kappa shape index (κ1) is 10.1. The summed E-state index contributed by atoms with van der Waals surface area (Å²) in [7, 11) is 0. The lowest BCUT2D eigenvalue weighted by Crippen LogP contribution is -2.11. The van der Waals surface area contributed by atoms with Gasteiger partial charge in [-0.05, 0) is 11.8 Å². The number of fused-ring (bicyclic) bond motifs is 1. The highest BCUT2D eigenvalue weighted by atomic mass is 15.1. The summed E-state index contributed by atoms with van der Waals surface area (Å²) in [5.41, 5.74) is 1.35. The molecule has 0 saturated heterocycles. The van der Waals surface area contributed by atoms with E-state index in [4.69, 9.17) is 0 Å². The Morgan fingerprint density at radius 1 is 1.13 bits per heavy atom. The second kappa shape index (κ2) is 3.61. The Kier molecular flexibility index (Phi) is 2.43. The maximum atomic E-state index is 4.24. The van der Waals surface area contributed by atoms with E-state index in [9.17, 15) is 0 Å². The highest BCUT2D eigenvalue weighted by Gasteiger charge is 2.14. The van der Waals surface area contributed by atoms with Crippen molar-refractivity contribution in [2.45, 2.75) is 27.2 Å². The molecule has 0 N–H and O–H groups in total. The molecule has 2 aromatic rings. The molecule has 0 saturated carbocycles. The van der Waals surface area contributed by atoms with Gasteiger partial charge in [0.1, 0.15) is 0 Å². The summed E-state index contributed by atoms with van der Waals surface area (Å²) in [4.78, 5) is 0. The number of aromatic nitrogens is 2. The first-order chi connectivity index (χ1) is 7.06. The highest BCUT2D eigenvalue weighted by molar-refractivity contribution is 5.83. The average Bonchev–Trinajstić information content (AvgIpc) is 2.16. The van der Waals surface area contributed by atoms with E-state index in [1.54, 1.807) is 0 Å². The van der Waals surface area contributed by atoms with Gasteiger partial charge in [-0.2, -0.15) is 10.2 Å². The molecule has 2 heteroatoms. The fourth-order valence-electron chi connectivity index (χ4n) is 1.72. The van der Waals surface area contributed by atoms with Gasteiger partial charge in [0.2, 0.25) is 0 Å². The van der Waals surface area contributed by atoms with Gasteiger partial charge >= 0.3 is 0 Å². The summed E-state index contributed by atoms with van der Waals surface area (Å²) in [6, 6.07) is 8.28. The van der Waals surface area contributed by atoms with Crippen molar-refractivity contribution < 1.29 is 0 Å². The molecule has 0 aliphatic carbocycles. The van der Waals surface area contributed by atoms with E-state index in [0.29, 0.717) is 0 Å². The number of nitrogens with zero attached hydrogens (tertiary/aromatic N) is 2. The zero-order valence-corrected chi connectivity index (χ0v) is 9.49. The molecule has 0 unspecified atom stereocenters. The molecule has 1 heterocycles. The Balaban J connectivity index is 2.52. The van der Waals surface area contributed by atoms with Crippen LogP contribution in [0, 0.1) is 5.41 Å². The van der Waals surface area contributed by atoms with Crippen LogP contribution in [-0.4, -0.2) is 10.2 Å². The lowest BCUT2D eigenvalue weighted by molar-refractivity contribution is 0.406. The molecule has 0 radical (unpaired) electrons. The molecular formula is C13H16N2. The highest BCUT2D eigenvalue weighted by Crippen LogP contribution is 2.23. The van der Waals surface area contributed by atoms with Crippen molar-refractivity contribution in [3.63, 3.8) is 0 Å². The van der Waals surface area contributed by atoms with E-state index < -0.39 is 0 Å². The topological polar surface area (TPSA) is 25.8 Å². The van der Waals surface area contributed by atoms with Crippen LogP contribution in [0.25, 0.3) is 10.8 Å². The predicted molar refractivity (Wildman–Crippen MR) is 62.7 cm³/mol. The molecule has 0 aliphatic rings. The Hall–Kier alpha value is -1.44. The molecule has 0 aliphatic heterocycles. The quantitative estimate of drug-likeness (QED) is 0.706. The Morgan fingerprint density at radius 2 is 1.87 bits per heavy atom. The molecule has 15 heavy (non-hydrogen) atoms. The van der Waals surface area contributed by atoms with Crippen LogP contribution in [0.4, 0.5) is 0 Å². The molecule has 0 spiro atoms. The first-order valence-corrected chi connectivity index (χ1v) is 5.25. The monoisotopic (exact) mass is 200 g/mol. The average molecular weight is 200 g/mol. The third-order valence-corrected chi connectivity index (χ3v) is 2.34. The molecule has 0 bridgehead atoms. The van der Waals surface area contributed by atoms with Crippen LogP contribution in [0.15, 0.2) is 30.5 Å². The maximum absolute atomic E-state index is 4.24. The van der Waals surface area contributed by atoms with Crippen LogP contribution in [0.3, 0.4) is 0 Å². The van der Waals surface area contributed by atoms with Crippen LogP contribution in [0.5, 0.6) is 0 Å². The lowest BCUT2D eigenvalue weighted by Gasteiger charge is -2.17. The molecule has 1 aromatic heterocycles. The third kappa shape index (κ3) is 2.32. The van der Waals surface area contributed by atoms with Crippen LogP contribution in [-0.2, 0) is 6.42 Å². The Labute approximate surface area is 90.3 Å². The van der Waals surface area contributed by atoms with E-state index >= 15 is 0 Å². The zero-order valence-electron chi connectivity index (χ0n) is 9.49. The van der Waals surface area contributed by atoms with Gasteiger partial charge in [0.15, 0.2) is 0 Å². The number of hydrogen-bond donors (Lipinski definition) is 0. The predicted octanol–water partition coefficient (Wildman–Crippen LogP) is 3.22. The standard InChI is InChI=1S/C13H16N2/c1-13(2,3)8-12-11-7-5-4-6-10(11)9-14-15-12/h4-7,9H,8H2,1-3H3. The minimum atomic E-state index is 0.249. The van der Waals surface area contributed by atoms with Gasteiger partial charge in [-0.25, -0.2) is 0 Å². The minimum absolute atomic E-state index is 0.249. The maximum Gasteiger partial charge on any atom is 0.0714 e. The first-order valence-electron chi connectivity index (χ1n) is 5.25. The Morgan fingerprint density at radius 3 is 2.60 bits per heavy atom. The van der Waals surface area contributed by atoms with Gasteiger partial charge in [0.25, 0.3) is 0 Å². The van der Waals surface area contributed by atoms with Crippen LogP contribution < -0.4 is 0 Å². The second-order valence-electron chi connectivity index (χ2n) is 5.12. The normalized spacial score (nSPS) is 11.9. The summed E-state index contributed by atoms with van der Waals surface area (Å²) in [5.74, 6) is 0. The Bertz CT molecular complexity index is 464. The van der Waals surface area contributed by atoms with Gasteiger partial charge < -0.3 is 0 Å². The molecule has 2 nitrogen and oxygen atoms in total. The smallest absolute Gasteiger partial charge is 0.0714 e. The van der Waals surface area contributed by atoms with Crippen LogP contribution in [0.1, 0.15) is 26.5 Å². The summed E-state index contributed by atoms with van der Waals surface area (Å²) in [5, 5.41) is 10.7. The van der Waals surface area contributed by atoms with Crippen molar-refractivity contribution in [3.05, 3.63) is 36.2 Å². The van der Waals surface area contributed by atoms with E-state index in [0.717, 1.165) is 12.1 Å². The minimum Gasteiger partial charge on any atom is -0.158 e. The molecule has 0 fully saturated rings. The lowest BCUT2D eigenvalue weighted by atomic mass is 9.89. The number of hydrogen-bond acceptors (Lipinski definition) is 2. The molecular weight excluding hydrogens is 184 g/mol. The van der Waals surface area contributed by atoms with Gasteiger partial charge in [-0.15, -0.1) is 0 Å². The molecule has 1 aromatic carbocycles. The van der Waals surface area contributed by atoms with Crippen LogP contribution >= 0.6 is 0 Å². The second-order valence-corrected chi connectivity index (χ2v) is 5.12. The van der Waals surface area contributed by atoms with E-state index in [2.05, 4.69) is 49.2 Å². The summed E-state index contributed by atoms with van der Waals surface area (Å²) >= 11 is 0. The molecule has 0 atom stereocenters.